The Labute approximate surface area is 119 Å². The molecule has 0 saturated carbocycles. The fourth-order valence-corrected chi connectivity index (χ4v) is 3.01. The summed E-state index contributed by atoms with van der Waals surface area (Å²) < 4.78 is 5.05. The largest absolute Gasteiger partial charge is 0.472 e. The molecule has 0 aliphatic heterocycles. The monoisotopic (exact) mass is 293 g/mol. The van der Waals surface area contributed by atoms with Gasteiger partial charge in [-0.3, -0.25) is 4.90 Å². The van der Waals surface area contributed by atoms with Gasteiger partial charge in [-0.2, -0.15) is 0 Å². The molecular formula is C13H12ClN3OS. The zero-order valence-corrected chi connectivity index (χ0v) is 11.9. The molecule has 0 amide bonds. The van der Waals surface area contributed by atoms with E-state index >= 15 is 0 Å². The molecule has 0 aliphatic rings. The molecule has 3 rings (SSSR count). The minimum absolute atomic E-state index is 0.526. The highest BCUT2D eigenvalue weighted by atomic mass is 35.5. The standard InChI is InChI=1S/C13H12ClN3OS/c1-17(6-9-2-4-18-8-9)7-11-15-12(14)10-3-5-19-13(10)16-11/h2-5,8H,6-7H2,1H3. The Hall–Kier alpha value is -1.43. The average molecular weight is 294 g/mol. The quantitative estimate of drug-likeness (QED) is 0.690. The highest BCUT2D eigenvalue weighted by Crippen LogP contribution is 2.25. The molecule has 3 heterocycles. The molecule has 0 saturated heterocycles. The predicted molar refractivity (Wildman–Crippen MR) is 76.3 cm³/mol. The van der Waals surface area contributed by atoms with Crippen LogP contribution in [-0.2, 0) is 13.1 Å². The Morgan fingerprint density at radius 3 is 3.00 bits per heavy atom. The van der Waals surface area contributed by atoms with E-state index in [4.69, 9.17) is 16.0 Å². The molecule has 4 nitrogen and oxygen atoms in total. The number of thiophene rings is 1. The molecule has 0 spiro atoms. The Morgan fingerprint density at radius 1 is 1.32 bits per heavy atom. The van der Waals surface area contributed by atoms with Crippen molar-refractivity contribution in [1.82, 2.24) is 14.9 Å². The molecule has 0 bridgehead atoms. The molecule has 0 aromatic carbocycles. The summed E-state index contributed by atoms with van der Waals surface area (Å²) >= 11 is 7.73. The fourth-order valence-electron chi connectivity index (χ4n) is 1.92. The van der Waals surface area contributed by atoms with Crippen molar-refractivity contribution in [2.75, 3.05) is 7.05 Å². The first-order valence-electron chi connectivity index (χ1n) is 5.81. The first kappa shape index (κ1) is 12.6. The first-order chi connectivity index (χ1) is 9.22. The number of fused-ring (bicyclic) bond motifs is 1. The molecule has 0 fully saturated rings. The molecule has 0 unspecified atom stereocenters. The third-order valence-corrected chi connectivity index (χ3v) is 3.86. The summed E-state index contributed by atoms with van der Waals surface area (Å²) in [5.41, 5.74) is 1.13. The highest BCUT2D eigenvalue weighted by Gasteiger charge is 2.09. The van der Waals surface area contributed by atoms with Gasteiger partial charge in [-0.05, 0) is 24.6 Å². The number of aromatic nitrogens is 2. The van der Waals surface area contributed by atoms with E-state index in [2.05, 4.69) is 14.9 Å². The number of hydrogen-bond acceptors (Lipinski definition) is 5. The number of furan rings is 1. The third-order valence-electron chi connectivity index (χ3n) is 2.77. The zero-order valence-electron chi connectivity index (χ0n) is 10.3. The predicted octanol–water partition coefficient (Wildman–Crippen LogP) is 3.57. The second-order valence-electron chi connectivity index (χ2n) is 4.37. The molecule has 0 atom stereocenters. The Morgan fingerprint density at radius 2 is 2.21 bits per heavy atom. The number of rotatable bonds is 4. The van der Waals surface area contributed by atoms with E-state index in [-0.39, 0.29) is 0 Å². The van der Waals surface area contributed by atoms with Crippen LogP contribution in [0, 0.1) is 0 Å². The summed E-state index contributed by atoms with van der Waals surface area (Å²) in [5.74, 6) is 0.742. The van der Waals surface area contributed by atoms with Crippen molar-refractivity contribution in [2.24, 2.45) is 0 Å². The maximum Gasteiger partial charge on any atom is 0.145 e. The van der Waals surface area contributed by atoms with E-state index in [0.717, 1.165) is 28.1 Å². The number of halogens is 1. The lowest BCUT2D eigenvalue weighted by Gasteiger charge is -2.14. The third kappa shape index (κ3) is 2.78. The molecule has 3 aromatic heterocycles. The lowest BCUT2D eigenvalue weighted by atomic mass is 10.3. The summed E-state index contributed by atoms with van der Waals surface area (Å²) in [4.78, 5) is 11.9. The number of nitrogens with zero attached hydrogens (tertiary/aromatic N) is 3. The minimum Gasteiger partial charge on any atom is -0.472 e. The van der Waals surface area contributed by atoms with Crippen molar-refractivity contribution in [3.05, 3.63) is 46.6 Å². The summed E-state index contributed by atoms with van der Waals surface area (Å²) in [6.07, 6.45) is 3.42. The fraction of sp³-hybridized carbons (Fsp3) is 0.231. The van der Waals surface area contributed by atoms with E-state index in [0.29, 0.717) is 11.7 Å². The van der Waals surface area contributed by atoms with Crippen LogP contribution in [-0.4, -0.2) is 21.9 Å². The lowest BCUT2D eigenvalue weighted by Crippen LogP contribution is -2.18. The highest BCUT2D eigenvalue weighted by molar-refractivity contribution is 7.16. The Bertz CT molecular complexity index is 680. The van der Waals surface area contributed by atoms with Crippen LogP contribution in [0.4, 0.5) is 0 Å². The van der Waals surface area contributed by atoms with Gasteiger partial charge in [0.2, 0.25) is 0 Å². The smallest absolute Gasteiger partial charge is 0.145 e. The van der Waals surface area contributed by atoms with Crippen molar-refractivity contribution in [1.29, 1.82) is 0 Å². The van der Waals surface area contributed by atoms with Gasteiger partial charge in [0.05, 0.1) is 19.1 Å². The molecule has 0 N–H and O–H groups in total. The molecule has 3 aromatic rings. The second-order valence-corrected chi connectivity index (χ2v) is 5.63. The first-order valence-corrected chi connectivity index (χ1v) is 7.07. The number of hydrogen-bond donors (Lipinski definition) is 0. The topological polar surface area (TPSA) is 42.2 Å². The molecule has 98 valence electrons. The Kier molecular flexibility index (Phi) is 3.50. The second kappa shape index (κ2) is 5.28. The maximum absolute atomic E-state index is 6.15. The average Bonchev–Trinajstić information content (AvgIpc) is 2.99. The van der Waals surface area contributed by atoms with Crippen molar-refractivity contribution < 1.29 is 4.42 Å². The summed E-state index contributed by atoms with van der Waals surface area (Å²) in [7, 11) is 2.02. The van der Waals surface area contributed by atoms with Crippen LogP contribution in [0.1, 0.15) is 11.4 Å². The molecule has 6 heteroatoms. The zero-order chi connectivity index (χ0) is 13.2. The van der Waals surface area contributed by atoms with Gasteiger partial charge in [0, 0.05) is 17.5 Å². The SMILES string of the molecule is CN(Cc1ccoc1)Cc1nc(Cl)c2ccsc2n1. The van der Waals surface area contributed by atoms with Crippen LogP contribution in [0.3, 0.4) is 0 Å². The van der Waals surface area contributed by atoms with Gasteiger partial charge in [0.25, 0.3) is 0 Å². The van der Waals surface area contributed by atoms with Crippen molar-refractivity contribution in [2.45, 2.75) is 13.1 Å². The van der Waals surface area contributed by atoms with Gasteiger partial charge in [0.15, 0.2) is 0 Å². The van der Waals surface area contributed by atoms with Crippen LogP contribution in [0.25, 0.3) is 10.2 Å². The van der Waals surface area contributed by atoms with Gasteiger partial charge in [-0.1, -0.05) is 11.6 Å². The summed E-state index contributed by atoms with van der Waals surface area (Å²) in [6, 6.07) is 3.90. The minimum atomic E-state index is 0.526. The van der Waals surface area contributed by atoms with Crippen molar-refractivity contribution in [3.63, 3.8) is 0 Å². The molecule has 0 radical (unpaired) electrons. The van der Waals surface area contributed by atoms with E-state index in [1.54, 1.807) is 23.9 Å². The van der Waals surface area contributed by atoms with Crippen LogP contribution >= 0.6 is 22.9 Å². The molecule has 0 aliphatic carbocycles. The molecular weight excluding hydrogens is 282 g/mol. The van der Waals surface area contributed by atoms with Gasteiger partial charge in [-0.15, -0.1) is 11.3 Å². The van der Waals surface area contributed by atoms with Gasteiger partial charge >= 0.3 is 0 Å². The lowest BCUT2D eigenvalue weighted by molar-refractivity contribution is 0.310. The van der Waals surface area contributed by atoms with Crippen LogP contribution in [0.2, 0.25) is 5.15 Å². The van der Waals surface area contributed by atoms with E-state index in [1.807, 2.05) is 24.6 Å². The molecule has 19 heavy (non-hydrogen) atoms. The Balaban J connectivity index is 1.77. The summed E-state index contributed by atoms with van der Waals surface area (Å²) in [5, 5.41) is 3.43. The van der Waals surface area contributed by atoms with Crippen molar-refractivity contribution >= 4 is 33.2 Å². The summed E-state index contributed by atoms with van der Waals surface area (Å²) in [6.45, 7) is 1.44. The van der Waals surface area contributed by atoms with Crippen LogP contribution < -0.4 is 0 Å². The van der Waals surface area contributed by atoms with E-state index in [9.17, 15) is 0 Å². The van der Waals surface area contributed by atoms with E-state index < -0.39 is 0 Å². The van der Waals surface area contributed by atoms with E-state index in [1.165, 1.54) is 0 Å². The van der Waals surface area contributed by atoms with Crippen LogP contribution in [0.15, 0.2) is 34.5 Å². The van der Waals surface area contributed by atoms with Crippen LogP contribution in [0.5, 0.6) is 0 Å². The van der Waals surface area contributed by atoms with Gasteiger partial charge < -0.3 is 4.42 Å². The normalized spacial score (nSPS) is 11.5. The van der Waals surface area contributed by atoms with Crippen molar-refractivity contribution in [3.8, 4) is 0 Å². The maximum atomic E-state index is 6.15. The van der Waals surface area contributed by atoms with Gasteiger partial charge in [-0.25, -0.2) is 9.97 Å². The van der Waals surface area contributed by atoms with Gasteiger partial charge in [0.1, 0.15) is 15.8 Å².